The van der Waals surface area contributed by atoms with Crippen LogP contribution in [0.4, 0.5) is 4.79 Å². The van der Waals surface area contributed by atoms with Crippen LogP contribution in [0.25, 0.3) is 0 Å². The van der Waals surface area contributed by atoms with Crippen molar-refractivity contribution >= 4 is 6.03 Å². The number of nitrogens with zero attached hydrogens (tertiary/aromatic N) is 3. The minimum absolute atomic E-state index is 0.163. The standard InChI is InChI=1S/C19H30N4O5/c1-22(7-5-14-4-2-3-6-20-14)17-15(28-16(13-24)18(17)25)12-21-19(26)23-8-10-27-11-9-23/h2-4,6,15-18,24-25H,5,7-13H2,1H3,(H,21,26). The highest BCUT2D eigenvalue weighted by atomic mass is 16.5. The molecule has 0 aliphatic carbocycles. The Labute approximate surface area is 165 Å². The molecule has 1 aromatic rings. The molecule has 28 heavy (non-hydrogen) atoms. The number of hydrogen-bond donors (Lipinski definition) is 3. The maximum atomic E-state index is 12.3. The lowest BCUT2D eigenvalue weighted by Crippen LogP contribution is -2.52. The number of carbonyl (C=O) groups is 1. The first-order valence-electron chi connectivity index (χ1n) is 9.75. The zero-order chi connectivity index (χ0) is 19.9. The van der Waals surface area contributed by atoms with E-state index >= 15 is 0 Å². The van der Waals surface area contributed by atoms with E-state index in [0.717, 1.165) is 12.1 Å². The first-order valence-corrected chi connectivity index (χ1v) is 9.75. The van der Waals surface area contributed by atoms with Gasteiger partial charge in [-0.2, -0.15) is 0 Å². The monoisotopic (exact) mass is 394 g/mol. The summed E-state index contributed by atoms with van der Waals surface area (Å²) < 4.78 is 11.1. The number of hydrogen-bond acceptors (Lipinski definition) is 7. The van der Waals surface area contributed by atoms with Crippen LogP contribution in [0.5, 0.6) is 0 Å². The summed E-state index contributed by atoms with van der Waals surface area (Å²) in [6, 6.07) is 5.29. The van der Waals surface area contributed by atoms with Crippen molar-refractivity contribution in [1.82, 2.24) is 20.1 Å². The Kier molecular flexibility index (Phi) is 7.57. The van der Waals surface area contributed by atoms with Crippen LogP contribution in [-0.4, -0.2) is 108 Å². The predicted molar refractivity (Wildman–Crippen MR) is 102 cm³/mol. The number of ether oxygens (including phenoxy) is 2. The molecule has 9 heteroatoms. The molecular formula is C19H30N4O5. The molecule has 3 heterocycles. The molecule has 2 aliphatic rings. The molecule has 3 N–H and O–H groups in total. The van der Waals surface area contributed by atoms with Crippen molar-refractivity contribution in [2.24, 2.45) is 0 Å². The molecular weight excluding hydrogens is 364 g/mol. The summed E-state index contributed by atoms with van der Waals surface area (Å²) >= 11 is 0. The number of likely N-dealkylation sites (N-methyl/N-ethyl adjacent to an activating group) is 1. The first-order chi connectivity index (χ1) is 13.6. The Balaban J connectivity index is 1.56. The lowest BCUT2D eigenvalue weighted by molar-refractivity contribution is -0.0211. The molecule has 2 fully saturated rings. The quantitative estimate of drug-likeness (QED) is 0.549. The van der Waals surface area contributed by atoms with E-state index in [1.165, 1.54) is 0 Å². The highest BCUT2D eigenvalue weighted by Gasteiger charge is 2.45. The van der Waals surface area contributed by atoms with Gasteiger partial charge in [-0.1, -0.05) is 6.07 Å². The number of morpholine rings is 1. The normalized spacial score (nSPS) is 27.9. The van der Waals surface area contributed by atoms with Crippen LogP contribution in [-0.2, 0) is 15.9 Å². The summed E-state index contributed by atoms with van der Waals surface area (Å²) in [5, 5.41) is 23.0. The number of aliphatic hydroxyl groups excluding tert-OH is 2. The van der Waals surface area contributed by atoms with E-state index in [-0.39, 0.29) is 25.2 Å². The van der Waals surface area contributed by atoms with Gasteiger partial charge < -0.3 is 29.9 Å². The maximum absolute atomic E-state index is 12.3. The number of aliphatic hydroxyl groups is 2. The molecule has 1 aromatic heterocycles. The van der Waals surface area contributed by atoms with Gasteiger partial charge in [0.1, 0.15) is 12.2 Å². The Morgan fingerprint density at radius 3 is 2.82 bits per heavy atom. The van der Waals surface area contributed by atoms with E-state index in [2.05, 4.69) is 10.3 Å². The minimum Gasteiger partial charge on any atom is -0.394 e. The van der Waals surface area contributed by atoms with E-state index in [0.29, 0.717) is 32.8 Å². The third-order valence-corrected chi connectivity index (χ3v) is 5.35. The number of nitrogens with one attached hydrogen (secondary N) is 1. The maximum Gasteiger partial charge on any atom is 0.317 e. The van der Waals surface area contributed by atoms with Gasteiger partial charge in [0.05, 0.1) is 32.0 Å². The molecule has 3 rings (SSSR count). The summed E-state index contributed by atoms with van der Waals surface area (Å²) in [5.41, 5.74) is 0.971. The van der Waals surface area contributed by atoms with Crippen LogP contribution in [0.1, 0.15) is 5.69 Å². The van der Waals surface area contributed by atoms with Crippen LogP contribution < -0.4 is 5.32 Å². The van der Waals surface area contributed by atoms with Crippen molar-refractivity contribution in [1.29, 1.82) is 0 Å². The van der Waals surface area contributed by atoms with Crippen molar-refractivity contribution in [2.45, 2.75) is 30.8 Å². The Hall–Kier alpha value is -1.78. The fraction of sp³-hybridized carbons (Fsp3) is 0.684. The summed E-state index contributed by atoms with van der Waals surface area (Å²) in [6.07, 6.45) is 0.591. The zero-order valence-electron chi connectivity index (χ0n) is 16.2. The van der Waals surface area contributed by atoms with Crippen LogP contribution in [0.3, 0.4) is 0 Å². The molecule has 4 atom stereocenters. The topological polar surface area (TPSA) is 107 Å². The average Bonchev–Trinajstić information content (AvgIpc) is 3.07. The molecule has 2 aliphatic heterocycles. The van der Waals surface area contributed by atoms with Gasteiger partial charge in [0, 0.05) is 44.5 Å². The molecule has 0 saturated carbocycles. The van der Waals surface area contributed by atoms with Gasteiger partial charge in [-0.3, -0.25) is 9.88 Å². The van der Waals surface area contributed by atoms with Crippen molar-refractivity contribution in [3.8, 4) is 0 Å². The fourth-order valence-corrected chi connectivity index (χ4v) is 3.74. The minimum atomic E-state index is -0.830. The Morgan fingerprint density at radius 2 is 2.14 bits per heavy atom. The van der Waals surface area contributed by atoms with Crippen LogP contribution >= 0.6 is 0 Å². The van der Waals surface area contributed by atoms with Gasteiger partial charge in [0.2, 0.25) is 0 Å². The van der Waals surface area contributed by atoms with E-state index in [1.54, 1.807) is 11.1 Å². The summed E-state index contributed by atoms with van der Waals surface area (Å²) in [5.74, 6) is 0. The number of aromatic nitrogens is 1. The van der Waals surface area contributed by atoms with E-state index in [4.69, 9.17) is 9.47 Å². The molecule has 2 saturated heterocycles. The summed E-state index contributed by atoms with van der Waals surface area (Å²) in [6.45, 7) is 2.88. The van der Waals surface area contributed by atoms with Crippen molar-refractivity contribution in [3.63, 3.8) is 0 Å². The fourth-order valence-electron chi connectivity index (χ4n) is 3.74. The lowest BCUT2D eigenvalue weighted by atomic mass is 10.0. The number of pyridine rings is 1. The molecule has 4 unspecified atom stereocenters. The zero-order valence-corrected chi connectivity index (χ0v) is 16.2. The summed E-state index contributed by atoms with van der Waals surface area (Å²) in [7, 11) is 1.91. The smallest absolute Gasteiger partial charge is 0.317 e. The van der Waals surface area contributed by atoms with Gasteiger partial charge in [0.25, 0.3) is 0 Å². The molecule has 0 spiro atoms. The second-order valence-electron chi connectivity index (χ2n) is 7.21. The van der Waals surface area contributed by atoms with E-state index in [9.17, 15) is 15.0 Å². The largest absolute Gasteiger partial charge is 0.394 e. The van der Waals surface area contributed by atoms with E-state index < -0.39 is 18.3 Å². The van der Waals surface area contributed by atoms with Gasteiger partial charge in [-0.25, -0.2) is 4.79 Å². The molecule has 156 valence electrons. The Bertz CT molecular complexity index is 614. The molecule has 0 bridgehead atoms. The first kappa shape index (κ1) is 20.9. The van der Waals surface area contributed by atoms with Crippen molar-refractivity contribution in [3.05, 3.63) is 30.1 Å². The van der Waals surface area contributed by atoms with Crippen LogP contribution in [0, 0.1) is 0 Å². The molecule has 0 aromatic carbocycles. The third-order valence-electron chi connectivity index (χ3n) is 5.35. The van der Waals surface area contributed by atoms with Gasteiger partial charge in [-0.05, 0) is 19.2 Å². The second-order valence-corrected chi connectivity index (χ2v) is 7.21. The molecule has 0 radical (unpaired) electrons. The van der Waals surface area contributed by atoms with Crippen molar-refractivity contribution in [2.75, 3.05) is 53.0 Å². The Morgan fingerprint density at radius 1 is 1.36 bits per heavy atom. The number of rotatable bonds is 7. The highest BCUT2D eigenvalue weighted by molar-refractivity contribution is 5.74. The number of urea groups is 1. The second kappa shape index (κ2) is 10.1. The summed E-state index contributed by atoms with van der Waals surface area (Å²) in [4.78, 5) is 20.4. The third kappa shape index (κ3) is 5.18. The molecule has 2 amide bonds. The number of amides is 2. The number of carbonyl (C=O) groups excluding carboxylic acids is 1. The van der Waals surface area contributed by atoms with Gasteiger partial charge in [-0.15, -0.1) is 0 Å². The highest BCUT2D eigenvalue weighted by Crippen LogP contribution is 2.25. The molecule has 9 nitrogen and oxygen atoms in total. The van der Waals surface area contributed by atoms with Crippen molar-refractivity contribution < 1.29 is 24.5 Å². The van der Waals surface area contributed by atoms with Crippen LogP contribution in [0.2, 0.25) is 0 Å². The van der Waals surface area contributed by atoms with Gasteiger partial charge in [0.15, 0.2) is 0 Å². The lowest BCUT2D eigenvalue weighted by Gasteiger charge is -2.31. The van der Waals surface area contributed by atoms with Crippen LogP contribution in [0.15, 0.2) is 24.4 Å². The SMILES string of the molecule is CN(CCc1ccccn1)C1C(CNC(=O)N2CCOCC2)OC(CO)C1O. The van der Waals surface area contributed by atoms with E-state index in [1.807, 2.05) is 30.1 Å². The van der Waals surface area contributed by atoms with Gasteiger partial charge >= 0.3 is 6.03 Å². The average molecular weight is 394 g/mol. The predicted octanol–water partition coefficient (Wildman–Crippen LogP) is -0.913.